The number of aryl methyl sites for hydroxylation is 1. The van der Waals surface area contributed by atoms with E-state index in [0.717, 1.165) is 30.7 Å². The van der Waals surface area contributed by atoms with Crippen LogP contribution in [0.25, 0.3) is 11.0 Å². The second-order valence-corrected chi connectivity index (χ2v) is 6.20. The van der Waals surface area contributed by atoms with Gasteiger partial charge in [0, 0.05) is 13.0 Å². The normalized spacial score (nSPS) is 16.3. The van der Waals surface area contributed by atoms with Gasteiger partial charge in [-0.1, -0.05) is 19.9 Å². The molecule has 0 atom stereocenters. The Hall–Kier alpha value is -1.84. The van der Waals surface area contributed by atoms with Crippen molar-refractivity contribution in [3.05, 3.63) is 29.6 Å². The number of hydrogen-bond donors (Lipinski definition) is 1. The first kappa shape index (κ1) is 14.1. The molecule has 1 N–H and O–H groups in total. The second kappa shape index (κ2) is 5.17. The molecule has 2 aromatic rings. The lowest BCUT2D eigenvalue weighted by molar-refractivity contribution is 0.0699. The number of fused-ring (bicyclic) bond motifs is 1. The van der Waals surface area contributed by atoms with Crippen LogP contribution in [-0.4, -0.2) is 20.6 Å². The molecule has 21 heavy (non-hydrogen) atoms. The highest BCUT2D eigenvalue weighted by molar-refractivity contribution is 6.01. The summed E-state index contributed by atoms with van der Waals surface area (Å²) >= 11 is 0. The number of rotatable bonds is 6. The predicted molar refractivity (Wildman–Crippen MR) is 82.6 cm³/mol. The Kier molecular flexibility index (Phi) is 3.47. The Morgan fingerprint density at radius 2 is 2.14 bits per heavy atom. The molecule has 0 bridgehead atoms. The first-order valence-corrected chi connectivity index (χ1v) is 7.81. The SMILES string of the molecule is CCCc1nc2c(C(=O)O)cccc2n1CC1(CC)CC1. The summed E-state index contributed by atoms with van der Waals surface area (Å²) in [6.45, 7) is 5.35. The van der Waals surface area contributed by atoms with Gasteiger partial charge in [-0.25, -0.2) is 9.78 Å². The van der Waals surface area contributed by atoms with Gasteiger partial charge >= 0.3 is 5.97 Å². The highest BCUT2D eigenvalue weighted by atomic mass is 16.4. The summed E-state index contributed by atoms with van der Waals surface area (Å²) in [4.78, 5) is 16.0. The summed E-state index contributed by atoms with van der Waals surface area (Å²) in [6, 6.07) is 5.47. The van der Waals surface area contributed by atoms with Crippen LogP contribution in [0.4, 0.5) is 0 Å². The van der Waals surface area contributed by atoms with Crippen LogP contribution in [0.5, 0.6) is 0 Å². The van der Waals surface area contributed by atoms with Gasteiger partial charge in [0.1, 0.15) is 11.3 Å². The van der Waals surface area contributed by atoms with E-state index in [9.17, 15) is 9.90 Å². The highest BCUT2D eigenvalue weighted by Crippen LogP contribution is 2.50. The summed E-state index contributed by atoms with van der Waals surface area (Å²) in [5.41, 5.74) is 2.33. The fourth-order valence-corrected chi connectivity index (χ4v) is 3.09. The maximum absolute atomic E-state index is 11.4. The highest BCUT2D eigenvalue weighted by Gasteiger charge is 2.41. The third-order valence-corrected chi connectivity index (χ3v) is 4.76. The molecule has 1 aromatic heterocycles. The smallest absolute Gasteiger partial charge is 0.337 e. The third kappa shape index (κ3) is 2.43. The first-order chi connectivity index (χ1) is 10.1. The van der Waals surface area contributed by atoms with Gasteiger partial charge in [0.2, 0.25) is 0 Å². The van der Waals surface area contributed by atoms with Crippen LogP contribution in [0, 0.1) is 5.41 Å². The van der Waals surface area contributed by atoms with E-state index in [-0.39, 0.29) is 0 Å². The molecule has 0 spiro atoms. The Morgan fingerprint density at radius 3 is 2.71 bits per heavy atom. The van der Waals surface area contributed by atoms with E-state index in [4.69, 9.17) is 0 Å². The molecule has 0 aliphatic heterocycles. The number of nitrogens with zero attached hydrogens (tertiary/aromatic N) is 2. The molecule has 1 heterocycles. The lowest BCUT2D eigenvalue weighted by Gasteiger charge is -2.16. The topological polar surface area (TPSA) is 55.1 Å². The molecule has 1 saturated carbocycles. The van der Waals surface area contributed by atoms with Crippen molar-refractivity contribution in [2.75, 3.05) is 0 Å². The van der Waals surface area contributed by atoms with Crippen LogP contribution in [0.15, 0.2) is 18.2 Å². The molecule has 1 aliphatic carbocycles. The number of para-hydroxylation sites is 1. The molecular weight excluding hydrogens is 264 g/mol. The average Bonchev–Trinajstić information content (AvgIpc) is 3.17. The van der Waals surface area contributed by atoms with Gasteiger partial charge in [-0.2, -0.15) is 0 Å². The molecule has 0 radical (unpaired) electrons. The van der Waals surface area contributed by atoms with Crippen LogP contribution >= 0.6 is 0 Å². The minimum atomic E-state index is -0.898. The fourth-order valence-electron chi connectivity index (χ4n) is 3.09. The van der Waals surface area contributed by atoms with Crippen LogP contribution < -0.4 is 0 Å². The van der Waals surface area contributed by atoms with Crippen molar-refractivity contribution in [3.8, 4) is 0 Å². The molecule has 112 valence electrons. The number of carboxylic acid groups (broad SMARTS) is 1. The minimum absolute atomic E-state index is 0.310. The predicted octanol–water partition coefficient (Wildman–Crippen LogP) is 3.88. The number of carboxylic acids is 1. The zero-order valence-corrected chi connectivity index (χ0v) is 12.7. The Bertz CT molecular complexity index is 683. The quantitative estimate of drug-likeness (QED) is 0.876. The summed E-state index contributed by atoms with van der Waals surface area (Å²) in [6.07, 6.45) is 5.63. The third-order valence-electron chi connectivity index (χ3n) is 4.76. The molecule has 1 aromatic carbocycles. The molecule has 0 saturated heterocycles. The van der Waals surface area contributed by atoms with Gasteiger partial charge < -0.3 is 9.67 Å². The molecule has 1 fully saturated rings. The van der Waals surface area contributed by atoms with E-state index in [0.29, 0.717) is 16.5 Å². The number of benzene rings is 1. The van der Waals surface area contributed by atoms with Crippen LogP contribution in [0.2, 0.25) is 0 Å². The van der Waals surface area contributed by atoms with Crippen LogP contribution in [-0.2, 0) is 13.0 Å². The fraction of sp³-hybridized carbons (Fsp3) is 0.529. The summed E-state index contributed by atoms with van der Waals surface area (Å²) in [5.74, 6) is 0.130. The van der Waals surface area contributed by atoms with Gasteiger partial charge in [0.05, 0.1) is 11.1 Å². The Labute approximate surface area is 124 Å². The standard InChI is InChI=1S/C17H22N2O2/c1-3-6-14-18-15-12(16(20)21)7-5-8-13(15)19(14)11-17(4-2)9-10-17/h5,7-8H,3-4,6,9-11H2,1-2H3,(H,20,21). The monoisotopic (exact) mass is 286 g/mol. The van der Waals surface area contributed by atoms with E-state index in [1.807, 2.05) is 12.1 Å². The number of imidazole rings is 1. The van der Waals surface area contributed by atoms with Gasteiger partial charge in [-0.3, -0.25) is 0 Å². The number of carbonyl (C=O) groups is 1. The van der Waals surface area contributed by atoms with E-state index in [2.05, 4.69) is 23.4 Å². The molecule has 3 rings (SSSR count). The van der Waals surface area contributed by atoms with Crippen molar-refractivity contribution in [3.63, 3.8) is 0 Å². The maximum atomic E-state index is 11.4. The lowest BCUT2D eigenvalue weighted by atomic mass is 10.0. The van der Waals surface area contributed by atoms with Crippen molar-refractivity contribution in [2.45, 2.75) is 52.5 Å². The zero-order valence-electron chi connectivity index (χ0n) is 12.7. The van der Waals surface area contributed by atoms with Gasteiger partial charge in [-0.15, -0.1) is 0 Å². The van der Waals surface area contributed by atoms with Crippen molar-refractivity contribution in [1.82, 2.24) is 9.55 Å². The molecule has 4 heteroatoms. The molecule has 0 unspecified atom stereocenters. The summed E-state index contributed by atoms with van der Waals surface area (Å²) in [7, 11) is 0. The average molecular weight is 286 g/mol. The number of aromatic nitrogens is 2. The largest absolute Gasteiger partial charge is 0.478 e. The zero-order chi connectivity index (χ0) is 15.0. The minimum Gasteiger partial charge on any atom is -0.478 e. The van der Waals surface area contributed by atoms with E-state index >= 15 is 0 Å². The van der Waals surface area contributed by atoms with Crippen molar-refractivity contribution >= 4 is 17.0 Å². The Balaban J connectivity index is 2.13. The lowest BCUT2D eigenvalue weighted by Crippen LogP contribution is -2.13. The Morgan fingerprint density at radius 1 is 1.38 bits per heavy atom. The summed E-state index contributed by atoms with van der Waals surface area (Å²) in [5, 5.41) is 9.35. The maximum Gasteiger partial charge on any atom is 0.337 e. The van der Waals surface area contributed by atoms with E-state index in [1.165, 1.54) is 19.3 Å². The number of aromatic carboxylic acids is 1. The van der Waals surface area contributed by atoms with Gasteiger partial charge in [-0.05, 0) is 43.2 Å². The number of hydrogen-bond acceptors (Lipinski definition) is 2. The molecule has 4 nitrogen and oxygen atoms in total. The van der Waals surface area contributed by atoms with Gasteiger partial charge in [0.15, 0.2) is 0 Å². The van der Waals surface area contributed by atoms with Crippen molar-refractivity contribution in [1.29, 1.82) is 0 Å². The van der Waals surface area contributed by atoms with E-state index in [1.54, 1.807) is 6.07 Å². The second-order valence-electron chi connectivity index (χ2n) is 6.20. The molecular formula is C17H22N2O2. The van der Waals surface area contributed by atoms with E-state index < -0.39 is 5.97 Å². The molecule has 0 amide bonds. The van der Waals surface area contributed by atoms with Crippen LogP contribution in [0.3, 0.4) is 0 Å². The first-order valence-electron chi connectivity index (χ1n) is 7.81. The van der Waals surface area contributed by atoms with Crippen molar-refractivity contribution in [2.24, 2.45) is 5.41 Å². The van der Waals surface area contributed by atoms with Crippen LogP contribution in [0.1, 0.15) is 55.7 Å². The van der Waals surface area contributed by atoms with Gasteiger partial charge in [0.25, 0.3) is 0 Å². The van der Waals surface area contributed by atoms with Crippen molar-refractivity contribution < 1.29 is 9.90 Å². The summed E-state index contributed by atoms with van der Waals surface area (Å²) < 4.78 is 2.27. The molecule has 1 aliphatic rings.